The predicted molar refractivity (Wildman–Crippen MR) is 110 cm³/mol. The summed E-state index contributed by atoms with van der Waals surface area (Å²) in [6.45, 7) is 0.791. The standard InChI is InChI=1S/C23H21FN2O3/c24-18-11-13-19(14-12-18)29-16-6-15-25-23(28)20-9-4-5-10-21(20)26-22(27)17-7-2-1-3-8-17/h1-5,7-14H,6,15-16H2,(H,25,28)(H,26,27). The van der Waals surface area contributed by atoms with Gasteiger partial charge >= 0.3 is 0 Å². The Labute approximate surface area is 168 Å². The van der Waals surface area contributed by atoms with Gasteiger partial charge in [0.1, 0.15) is 11.6 Å². The molecule has 6 heteroatoms. The van der Waals surface area contributed by atoms with Gasteiger partial charge in [0.2, 0.25) is 0 Å². The number of anilines is 1. The van der Waals surface area contributed by atoms with Gasteiger partial charge in [0, 0.05) is 12.1 Å². The van der Waals surface area contributed by atoms with Crippen LogP contribution in [0.3, 0.4) is 0 Å². The highest BCUT2D eigenvalue weighted by atomic mass is 19.1. The van der Waals surface area contributed by atoms with E-state index < -0.39 is 0 Å². The van der Waals surface area contributed by atoms with Crippen LogP contribution in [-0.2, 0) is 0 Å². The van der Waals surface area contributed by atoms with Gasteiger partial charge in [-0.3, -0.25) is 9.59 Å². The van der Waals surface area contributed by atoms with E-state index in [-0.39, 0.29) is 17.6 Å². The van der Waals surface area contributed by atoms with Crippen molar-refractivity contribution in [3.8, 4) is 5.75 Å². The van der Waals surface area contributed by atoms with Crippen LogP contribution in [0.4, 0.5) is 10.1 Å². The highest BCUT2D eigenvalue weighted by Crippen LogP contribution is 2.16. The zero-order valence-corrected chi connectivity index (χ0v) is 15.7. The van der Waals surface area contributed by atoms with Gasteiger partial charge in [-0.05, 0) is 55.0 Å². The molecule has 3 aromatic rings. The molecule has 0 saturated heterocycles. The third kappa shape index (κ3) is 5.90. The van der Waals surface area contributed by atoms with Gasteiger partial charge in [-0.15, -0.1) is 0 Å². The first-order chi connectivity index (χ1) is 14.1. The molecule has 0 aliphatic rings. The van der Waals surface area contributed by atoms with Gasteiger partial charge in [0.15, 0.2) is 0 Å². The fourth-order valence-corrected chi connectivity index (χ4v) is 2.66. The van der Waals surface area contributed by atoms with E-state index in [2.05, 4.69) is 10.6 Å². The lowest BCUT2D eigenvalue weighted by Crippen LogP contribution is -2.27. The van der Waals surface area contributed by atoms with Crippen molar-refractivity contribution in [1.82, 2.24) is 5.32 Å². The molecule has 148 valence electrons. The summed E-state index contributed by atoms with van der Waals surface area (Å²) in [5, 5.41) is 5.60. The number of hydrogen-bond acceptors (Lipinski definition) is 3. The molecule has 0 bridgehead atoms. The van der Waals surface area contributed by atoms with E-state index in [0.717, 1.165) is 0 Å². The third-order valence-corrected chi connectivity index (χ3v) is 4.14. The van der Waals surface area contributed by atoms with Gasteiger partial charge in [-0.1, -0.05) is 30.3 Å². The van der Waals surface area contributed by atoms with E-state index in [1.54, 1.807) is 60.7 Å². The van der Waals surface area contributed by atoms with Gasteiger partial charge in [-0.25, -0.2) is 4.39 Å². The third-order valence-electron chi connectivity index (χ3n) is 4.14. The second kappa shape index (κ2) is 10.0. The normalized spacial score (nSPS) is 10.2. The minimum absolute atomic E-state index is 0.279. The molecular weight excluding hydrogens is 371 g/mol. The van der Waals surface area contributed by atoms with Gasteiger partial charge in [0.05, 0.1) is 17.9 Å². The van der Waals surface area contributed by atoms with Crippen LogP contribution in [0.25, 0.3) is 0 Å². The van der Waals surface area contributed by atoms with Crippen LogP contribution in [0.2, 0.25) is 0 Å². The second-order valence-corrected chi connectivity index (χ2v) is 6.28. The van der Waals surface area contributed by atoms with Crippen LogP contribution in [0.15, 0.2) is 78.9 Å². The van der Waals surface area contributed by atoms with Crippen molar-refractivity contribution in [2.45, 2.75) is 6.42 Å². The van der Waals surface area contributed by atoms with E-state index in [1.807, 2.05) is 6.07 Å². The van der Waals surface area contributed by atoms with Gasteiger partial charge in [-0.2, -0.15) is 0 Å². The Hall–Kier alpha value is -3.67. The van der Waals surface area contributed by atoms with Crippen LogP contribution in [0.5, 0.6) is 5.75 Å². The van der Waals surface area contributed by atoms with Crippen LogP contribution in [0.1, 0.15) is 27.1 Å². The van der Waals surface area contributed by atoms with Gasteiger partial charge in [0.25, 0.3) is 11.8 Å². The summed E-state index contributed by atoms with van der Waals surface area (Å²) in [6, 6.07) is 21.4. The Morgan fingerprint density at radius 3 is 2.28 bits per heavy atom. The molecular formula is C23H21FN2O3. The summed E-state index contributed by atoms with van der Waals surface area (Å²) in [5.41, 5.74) is 1.35. The summed E-state index contributed by atoms with van der Waals surface area (Å²) in [4.78, 5) is 24.9. The Kier molecular flexibility index (Phi) is 6.95. The molecule has 0 aliphatic heterocycles. The monoisotopic (exact) mass is 392 g/mol. The van der Waals surface area contributed by atoms with Crippen LogP contribution < -0.4 is 15.4 Å². The molecule has 0 aromatic heterocycles. The summed E-state index contributed by atoms with van der Waals surface area (Å²) < 4.78 is 18.4. The zero-order valence-electron chi connectivity index (χ0n) is 15.7. The van der Waals surface area contributed by atoms with Crippen LogP contribution in [0, 0.1) is 5.82 Å². The maximum atomic E-state index is 12.9. The molecule has 3 rings (SSSR count). The van der Waals surface area contributed by atoms with Crippen molar-refractivity contribution in [2.24, 2.45) is 0 Å². The highest BCUT2D eigenvalue weighted by molar-refractivity contribution is 6.08. The lowest BCUT2D eigenvalue weighted by Gasteiger charge is -2.12. The average molecular weight is 392 g/mol. The fraction of sp³-hybridized carbons (Fsp3) is 0.130. The fourth-order valence-electron chi connectivity index (χ4n) is 2.66. The number of amides is 2. The smallest absolute Gasteiger partial charge is 0.255 e. The first kappa shape index (κ1) is 20.1. The SMILES string of the molecule is O=C(Nc1ccccc1C(=O)NCCCOc1ccc(F)cc1)c1ccccc1. The Balaban J connectivity index is 1.50. The quantitative estimate of drug-likeness (QED) is 0.563. The number of halogens is 1. The highest BCUT2D eigenvalue weighted by Gasteiger charge is 2.13. The van der Waals surface area contributed by atoms with Crippen molar-refractivity contribution in [3.05, 3.63) is 95.8 Å². The Morgan fingerprint density at radius 2 is 1.52 bits per heavy atom. The molecule has 5 nitrogen and oxygen atoms in total. The van der Waals surface area contributed by atoms with E-state index in [0.29, 0.717) is 42.1 Å². The largest absolute Gasteiger partial charge is 0.494 e. The number of benzene rings is 3. The first-order valence-electron chi connectivity index (χ1n) is 9.25. The molecule has 2 amide bonds. The minimum atomic E-state index is -0.317. The Bertz CT molecular complexity index is 959. The van der Waals surface area contributed by atoms with E-state index >= 15 is 0 Å². The average Bonchev–Trinajstić information content (AvgIpc) is 2.75. The summed E-state index contributed by atoms with van der Waals surface area (Å²) >= 11 is 0. The number of hydrogen-bond donors (Lipinski definition) is 2. The summed E-state index contributed by atoms with van der Waals surface area (Å²) in [7, 11) is 0. The van der Waals surface area contributed by atoms with Gasteiger partial charge < -0.3 is 15.4 Å². The minimum Gasteiger partial charge on any atom is -0.494 e. The van der Waals surface area contributed by atoms with Crippen molar-refractivity contribution < 1.29 is 18.7 Å². The Morgan fingerprint density at radius 1 is 0.828 bits per heavy atom. The molecule has 29 heavy (non-hydrogen) atoms. The number of carbonyl (C=O) groups is 2. The molecule has 3 aromatic carbocycles. The number of rotatable bonds is 8. The van der Waals surface area contributed by atoms with E-state index in [9.17, 15) is 14.0 Å². The molecule has 0 unspecified atom stereocenters. The molecule has 0 spiro atoms. The number of para-hydroxylation sites is 1. The van der Waals surface area contributed by atoms with Crippen molar-refractivity contribution >= 4 is 17.5 Å². The molecule has 0 heterocycles. The molecule has 0 aliphatic carbocycles. The van der Waals surface area contributed by atoms with Crippen molar-refractivity contribution in [1.29, 1.82) is 0 Å². The lowest BCUT2D eigenvalue weighted by molar-refractivity contribution is 0.0952. The number of ether oxygens (including phenoxy) is 1. The van der Waals surface area contributed by atoms with E-state index in [4.69, 9.17) is 4.74 Å². The van der Waals surface area contributed by atoms with Crippen LogP contribution in [-0.4, -0.2) is 25.0 Å². The van der Waals surface area contributed by atoms with E-state index in [1.165, 1.54) is 12.1 Å². The molecule has 0 radical (unpaired) electrons. The first-order valence-corrected chi connectivity index (χ1v) is 9.25. The molecule has 2 N–H and O–H groups in total. The maximum Gasteiger partial charge on any atom is 0.255 e. The summed E-state index contributed by atoms with van der Waals surface area (Å²) in [6.07, 6.45) is 0.585. The molecule has 0 fully saturated rings. The second-order valence-electron chi connectivity index (χ2n) is 6.28. The van der Waals surface area contributed by atoms with Crippen molar-refractivity contribution in [2.75, 3.05) is 18.5 Å². The van der Waals surface area contributed by atoms with Crippen molar-refractivity contribution in [3.63, 3.8) is 0 Å². The molecule has 0 saturated carbocycles. The predicted octanol–water partition coefficient (Wildman–Crippen LogP) is 4.28. The summed E-state index contributed by atoms with van der Waals surface area (Å²) in [5.74, 6) is -0.302. The number of nitrogens with one attached hydrogen (secondary N) is 2. The zero-order chi connectivity index (χ0) is 20.5. The topological polar surface area (TPSA) is 67.4 Å². The maximum absolute atomic E-state index is 12.9. The number of carbonyl (C=O) groups excluding carboxylic acids is 2. The van der Waals surface area contributed by atoms with Crippen LogP contribution >= 0.6 is 0 Å². The lowest BCUT2D eigenvalue weighted by atomic mass is 10.1. The molecule has 0 atom stereocenters.